The van der Waals surface area contributed by atoms with E-state index in [0.717, 1.165) is 10.8 Å². The zero-order valence-corrected chi connectivity index (χ0v) is 14.1. The van der Waals surface area contributed by atoms with Crippen molar-refractivity contribution < 1.29 is 39.3 Å². The molecule has 0 heterocycles. The molecule has 100 valence electrons. The van der Waals surface area contributed by atoms with Crippen LogP contribution in [0.15, 0.2) is 54.6 Å². The zero-order chi connectivity index (χ0) is 14.4. The monoisotopic (exact) mass is 322 g/mol. The second kappa shape index (κ2) is 8.23. The molecule has 0 aromatic heterocycles. The second-order valence-corrected chi connectivity index (χ2v) is 3.92. The van der Waals surface area contributed by atoms with Crippen molar-refractivity contribution in [3.05, 3.63) is 60.2 Å². The van der Waals surface area contributed by atoms with E-state index in [1.54, 1.807) is 12.1 Å². The van der Waals surface area contributed by atoms with Gasteiger partial charge in [-0.3, -0.25) is 0 Å². The number of carboxylic acids is 2. The van der Waals surface area contributed by atoms with Gasteiger partial charge in [0, 0.05) is 25.1 Å². The van der Waals surface area contributed by atoms with Gasteiger partial charge in [0.25, 0.3) is 0 Å². The van der Waals surface area contributed by atoms with Crippen molar-refractivity contribution in [1.82, 2.24) is 0 Å². The van der Waals surface area contributed by atoms with Crippen molar-refractivity contribution in [2.75, 3.05) is 0 Å². The second-order valence-electron chi connectivity index (χ2n) is 3.92. The fourth-order valence-corrected chi connectivity index (χ4v) is 1.41. The van der Waals surface area contributed by atoms with Gasteiger partial charge >= 0.3 is 11.9 Å². The Morgan fingerprint density at radius 2 is 1.50 bits per heavy atom. The first-order valence-corrected chi connectivity index (χ1v) is 5.53. The first-order chi connectivity index (χ1) is 8.93. The molecule has 0 radical (unpaired) electrons. The van der Waals surface area contributed by atoms with Crippen molar-refractivity contribution in [3.63, 3.8) is 0 Å². The van der Waals surface area contributed by atoms with Crippen LogP contribution in [0.3, 0.4) is 0 Å². The van der Waals surface area contributed by atoms with E-state index in [2.05, 4.69) is 6.58 Å². The third-order valence-corrected chi connectivity index (χ3v) is 2.39. The van der Waals surface area contributed by atoms with Crippen molar-refractivity contribution in [3.8, 4) is 0 Å². The molecule has 0 atom stereocenters. The molecule has 20 heavy (non-hydrogen) atoms. The molecule has 0 amide bonds. The van der Waals surface area contributed by atoms with E-state index in [9.17, 15) is 9.59 Å². The molecule has 2 aromatic rings. The summed E-state index contributed by atoms with van der Waals surface area (Å²) in [5, 5.41) is 18.5. The van der Waals surface area contributed by atoms with Crippen LogP contribution in [0, 0.1) is 0 Å². The van der Waals surface area contributed by atoms with Gasteiger partial charge in [0.2, 0.25) is 0 Å². The number of carboxylic acid groups (broad SMARTS) is 2. The predicted molar refractivity (Wildman–Crippen MR) is 73.4 cm³/mol. The van der Waals surface area contributed by atoms with Gasteiger partial charge in [0.1, 0.15) is 0 Å². The molecule has 2 N–H and O–H groups in total. The Morgan fingerprint density at radius 3 is 2.00 bits per heavy atom. The number of aliphatic carboxylic acids is 1. The summed E-state index contributed by atoms with van der Waals surface area (Å²) in [6.45, 7) is 4.60. The van der Waals surface area contributed by atoms with E-state index >= 15 is 0 Å². The van der Waals surface area contributed by atoms with Crippen molar-refractivity contribution >= 4 is 22.7 Å². The Labute approximate surface area is 129 Å². The van der Waals surface area contributed by atoms with Crippen LogP contribution in [-0.4, -0.2) is 22.2 Å². The Balaban J connectivity index is 0.000000448. The van der Waals surface area contributed by atoms with E-state index < -0.39 is 11.9 Å². The van der Waals surface area contributed by atoms with Gasteiger partial charge in [0.15, 0.2) is 0 Å². The van der Waals surface area contributed by atoms with Crippen molar-refractivity contribution in [1.29, 1.82) is 0 Å². The summed E-state index contributed by atoms with van der Waals surface area (Å²) in [6, 6.07) is 12.7. The maximum absolute atomic E-state index is 10.8. The van der Waals surface area contributed by atoms with Crippen molar-refractivity contribution in [2.45, 2.75) is 6.92 Å². The molecule has 5 heteroatoms. The van der Waals surface area contributed by atoms with Gasteiger partial charge in [-0.15, -0.1) is 0 Å². The van der Waals surface area contributed by atoms with Crippen molar-refractivity contribution in [2.24, 2.45) is 0 Å². The van der Waals surface area contributed by atoms with Crippen LogP contribution in [0.25, 0.3) is 10.8 Å². The smallest absolute Gasteiger partial charge is 0.336 e. The number of hydrogen-bond donors (Lipinski definition) is 2. The Hall–Kier alpha value is -2.00. The zero-order valence-electron chi connectivity index (χ0n) is 11.2. The molecular weight excluding hydrogens is 310 g/mol. The third kappa shape index (κ3) is 4.94. The molecule has 0 unspecified atom stereocenters. The van der Waals surface area contributed by atoms with Gasteiger partial charge < -0.3 is 10.2 Å². The summed E-state index contributed by atoms with van der Waals surface area (Å²) in [5.41, 5.74) is 0.535. The van der Waals surface area contributed by atoms with Gasteiger partial charge in [-0.2, -0.15) is 0 Å². The van der Waals surface area contributed by atoms with Crippen LogP contribution >= 0.6 is 0 Å². The third-order valence-electron chi connectivity index (χ3n) is 2.39. The number of rotatable bonds is 2. The molecule has 0 aliphatic carbocycles. The molecule has 2 rings (SSSR count). The molecule has 2 aromatic carbocycles. The van der Waals surface area contributed by atoms with E-state index in [-0.39, 0.29) is 25.1 Å². The van der Waals surface area contributed by atoms with E-state index in [4.69, 9.17) is 10.2 Å². The Kier molecular flexibility index (Phi) is 7.41. The minimum atomic E-state index is -0.935. The number of aromatic carboxylic acids is 1. The molecule has 0 saturated carbocycles. The van der Waals surface area contributed by atoms with Crippen LogP contribution in [0.1, 0.15) is 17.3 Å². The van der Waals surface area contributed by atoms with E-state index in [0.29, 0.717) is 5.56 Å². The maximum atomic E-state index is 10.8. The average molecular weight is 324 g/mol. The van der Waals surface area contributed by atoms with Crippen LogP contribution in [0.5, 0.6) is 0 Å². The number of carbonyl (C=O) groups is 2. The first kappa shape index (κ1) is 18.0. The van der Waals surface area contributed by atoms with Gasteiger partial charge in [-0.25, -0.2) is 9.59 Å². The molecule has 0 bridgehead atoms. The van der Waals surface area contributed by atoms with Gasteiger partial charge in [-0.1, -0.05) is 43.0 Å². The van der Waals surface area contributed by atoms with Crippen LogP contribution in [-0.2, 0) is 24.3 Å². The standard InChI is InChI=1S/C11H8O2.C4H6O2.Zn/c12-11(13)10-7-3-5-8-4-1-2-6-9(8)10;1-3(2)4(5)6;/h1-7H,(H,12,13);1H2,2H3,(H,5,6);. The molecule has 0 fully saturated rings. The van der Waals surface area contributed by atoms with Crippen LogP contribution in [0.4, 0.5) is 0 Å². The molecular formula is C15H14O4Zn. The Bertz CT molecular complexity index is 617. The average Bonchev–Trinajstić information content (AvgIpc) is 2.38. The quantitative estimate of drug-likeness (QED) is 0.657. The summed E-state index contributed by atoms with van der Waals surface area (Å²) < 4.78 is 0. The molecule has 0 aliphatic rings. The molecule has 4 nitrogen and oxygen atoms in total. The van der Waals surface area contributed by atoms with Crippen LogP contribution in [0.2, 0.25) is 0 Å². The summed E-state index contributed by atoms with van der Waals surface area (Å²) in [7, 11) is 0. The fourth-order valence-electron chi connectivity index (χ4n) is 1.41. The fraction of sp³-hybridized carbons (Fsp3) is 0.0667. The summed E-state index contributed by atoms with van der Waals surface area (Å²) in [4.78, 5) is 20.4. The van der Waals surface area contributed by atoms with Gasteiger partial charge in [0.05, 0.1) is 5.56 Å². The molecule has 0 spiro atoms. The minimum absolute atomic E-state index is 0. The topological polar surface area (TPSA) is 74.6 Å². The number of benzene rings is 2. The summed E-state index contributed by atoms with van der Waals surface area (Å²) >= 11 is 0. The number of fused-ring (bicyclic) bond motifs is 1. The predicted octanol–water partition coefficient (Wildman–Crippen LogP) is 3.18. The van der Waals surface area contributed by atoms with Gasteiger partial charge in [-0.05, 0) is 23.8 Å². The normalized spacial score (nSPS) is 8.85. The van der Waals surface area contributed by atoms with Crippen LogP contribution < -0.4 is 0 Å². The molecule has 0 saturated heterocycles. The van der Waals surface area contributed by atoms with E-state index in [1.165, 1.54) is 6.92 Å². The Morgan fingerprint density at radius 1 is 1.00 bits per heavy atom. The first-order valence-electron chi connectivity index (χ1n) is 5.53. The largest absolute Gasteiger partial charge is 0.478 e. The number of hydrogen-bond acceptors (Lipinski definition) is 2. The molecule has 0 aliphatic heterocycles. The SMILES string of the molecule is C=C(C)C(=O)O.O=C(O)c1cccc2ccccc12.[Zn]. The summed E-state index contributed by atoms with van der Waals surface area (Å²) in [5.74, 6) is -1.81. The summed E-state index contributed by atoms with van der Waals surface area (Å²) in [6.07, 6.45) is 0. The van der Waals surface area contributed by atoms with E-state index in [1.807, 2.05) is 30.3 Å². The minimum Gasteiger partial charge on any atom is -0.478 e. The maximum Gasteiger partial charge on any atom is 0.336 e.